The van der Waals surface area contributed by atoms with Gasteiger partial charge in [-0.15, -0.1) is 0 Å². The number of carbonyl (C=O) groups is 1. The molecule has 3 aromatic rings. The molecule has 1 N–H and O–H groups in total. The Balaban J connectivity index is 1.29. The van der Waals surface area contributed by atoms with Crippen molar-refractivity contribution in [1.82, 2.24) is 15.3 Å². The Hall–Kier alpha value is -2.67. The van der Waals surface area contributed by atoms with E-state index in [-0.39, 0.29) is 11.9 Å². The SMILES string of the molecule is C[C@H](Oc1ccccc1)C(=O)NC1CCN(c2nc3cccnc3s2)CC1. The molecule has 1 atom stereocenters. The zero-order chi connectivity index (χ0) is 18.6. The number of ether oxygens (including phenoxy) is 1. The lowest BCUT2D eigenvalue weighted by atomic mass is 10.1. The molecule has 0 bridgehead atoms. The molecule has 0 unspecified atom stereocenters. The Morgan fingerprint density at radius 3 is 2.74 bits per heavy atom. The lowest BCUT2D eigenvalue weighted by molar-refractivity contribution is -0.128. The van der Waals surface area contributed by atoms with Gasteiger partial charge in [0.1, 0.15) is 16.1 Å². The second-order valence-corrected chi connectivity index (χ2v) is 7.62. The number of rotatable bonds is 5. The number of pyridine rings is 1. The summed E-state index contributed by atoms with van der Waals surface area (Å²) in [5.74, 6) is 0.640. The van der Waals surface area contributed by atoms with Crippen LogP contribution in [0.1, 0.15) is 19.8 Å². The summed E-state index contributed by atoms with van der Waals surface area (Å²) in [5.41, 5.74) is 0.944. The number of para-hydroxylation sites is 1. The summed E-state index contributed by atoms with van der Waals surface area (Å²) < 4.78 is 5.70. The molecule has 27 heavy (non-hydrogen) atoms. The first-order valence-corrected chi connectivity index (χ1v) is 9.99. The van der Waals surface area contributed by atoms with Crippen LogP contribution in [0.4, 0.5) is 5.13 Å². The Bertz CT molecular complexity index is 874. The number of benzene rings is 1. The van der Waals surface area contributed by atoms with Gasteiger partial charge in [0.15, 0.2) is 11.2 Å². The van der Waals surface area contributed by atoms with Crippen LogP contribution in [0.3, 0.4) is 0 Å². The van der Waals surface area contributed by atoms with Crippen LogP contribution in [0.15, 0.2) is 48.7 Å². The second-order valence-electron chi connectivity index (χ2n) is 6.67. The van der Waals surface area contributed by atoms with Crippen LogP contribution >= 0.6 is 11.3 Å². The predicted octanol–water partition coefficient (Wildman–Crippen LogP) is 3.24. The molecule has 4 rings (SSSR count). The van der Waals surface area contributed by atoms with E-state index >= 15 is 0 Å². The number of hydrogen-bond acceptors (Lipinski definition) is 6. The van der Waals surface area contributed by atoms with Crippen molar-refractivity contribution < 1.29 is 9.53 Å². The maximum Gasteiger partial charge on any atom is 0.260 e. The van der Waals surface area contributed by atoms with Crippen molar-refractivity contribution in [2.24, 2.45) is 0 Å². The molecule has 0 radical (unpaired) electrons. The molecule has 0 saturated carbocycles. The maximum atomic E-state index is 12.4. The minimum Gasteiger partial charge on any atom is -0.481 e. The predicted molar refractivity (Wildman–Crippen MR) is 107 cm³/mol. The Labute approximate surface area is 162 Å². The third-order valence-corrected chi connectivity index (χ3v) is 5.73. The third-order valence-electron chi connectivity index (χ3n) is 4.69. The molecular weight excluding hydrogens is 360 g/mol. The van der Waals surface area contributed by atoms with Gasteiger partial charge in [0.25, 0.3) is 5.91 Å². The van der Waals surface area contributed by atoms with E-state index in [0.29, 0.717) is 5.75 Å². The molecule has 140 valence electrons. The van der Waals surface area contributed by atoms with Crippen LogP contribution in [-0.2, 0) is 4.79 Å². The third kappa shape index (κ3) is 4.19. The average Bonchev–Trinajstić information content (AvgIpc) is 3.13. The molecule has 1 aliphatic heterocycles. The summed E-state index contributed by atoms with van der Waals surface area (Å²) in [7, 11) is 0. The van der Waals surface area contributed by atoms with E-state index in [1.165, 1.54) is 0 Å². The molecule has 1 aliphatic rings. The van der Waals surface area contributed by atoms with Crippen molar-refractivity contribution >= 4 is 32.7 Å². The summed E-state index contributed by atoms with van der Waals surface area (Å²) in [4.78, 5) is 24.7. The number of thiazole rings is 1. The number of hydrogen-bond donors (Lipinski definition) is 1. The number of amides is 1. The van der Waals surface area contributed by atoms with Crippen molar-refractivity contribution in [2.75, 3.05) is 18.0 Å². The molecule has 6 nitrogen and oxygen atoms in total. The maximum absolute atomic E-state index is 12.4. The fraction of sp³-hybridized carbons (Fsp3) is 0.350. The van der Waals surface area contributed by atoms with Gasteiger partial charge in [0.05, 0.1) is 0 Å². The molecule has 1 amide bonds. The van der Waals surface area contributed by atoms with E-state index in [0.717, 1.165) is 41.4 Å². The van der Waals surface area contributed by atoms with Gasteiger partial charge in [-0.2, -0.15) is 0 Å². The van der Waals surface area contributed by atoms with Gasteiger partial charge in [-0.25, -0.2) is 9.97 Å². The first-order chi connectivity index (χ1) is 13.2. The Kier molecular flexibility index (Phi) is 5.20. The van der Waals surface area contributed by atoms with Crippen molar-refractivity contribution in [3.8, 4) is 5.75 Å². The fourth-order valence-corrected chi connectivity index (χ4v) is 4.14. The molecule has 2 aromatic heterocycles. The number of carbonyl (C=O) groups excluding carboxylic acids is 1. The van der Waals surface area contributed by atoms with Gasteiger partial charge >= 0.3 is 0 Å². The van der Waals surface area contributed by atoms with Gasteiger partial charge in [-0.05, 0) is 44.0 Å². The minimum atomic E-state index is -0.513. The fourth-order valence-electron chi connectivity index (χ4n) is 3.18. The number of aromatic nitrogens is 2. The zero-order valence-corrected chi connectivity index (χ0v) is 16.0. The molecule has 1 aromatic carbocycles. The summed E-state index contributed by atoms with van der Waals surface area (Å²) in [6.07, 6.45) is 3.08. The standard InChI is InChI=1S/C20H22N4O2S/c1-14(26-16-6-3-2-4-7-16)18(25)22-15-9-12-24(13-10-15)20-23-17-8-5-11-21-19(17)27-20/h2-8,11,14-15H,9-10,12-13H2,1H3,(H,22,25)/t14-/m0/s1. The first kappa shape index (κ1) is 17.7. The number of fused-ring (bicyclic) bond motifs is 1. The zero-order valence-electron chi connectivity index (χ0n) is 15.2. The molecule has 1 fully saturated rings. The van der Waals surface area contributed by atoms with E-state index in [9.17, 15) is 4.79 Å². The Morgan fingerprint density at radius 2 is 2.00 bits per heavy atom. The van der Waals surface area contributed by atoms with E-state index in [1.807, 2.05) is 42.5 Å². The quantitative estimate of drug-likeness (QED) is 0.734. The smallest absolute Gasteiger partial charge is 0.260 e. The monoisotopic (exact) mass is 382 g/mol. The number of piperidine rings is 1. The first-order valence-electron chi connectivity index (χ1n) is 9.17. The lowest BCUT2D eigenvalue weighted by Gasteiger charge is -2.32. The van der Waals surface area contributed by atoms with E-state index < -0.39 is 6.10 Å². The second kappa shape index (κ2) is 7.92. The highest BCUT2D eigenvalue weighted by atomic mass is 32.1. The largest absolute Gasteiger partial charge is 0.481 e. The molecule has 0 aliphatic carbocycles. The van der Waals surface area contributed by atoms with E-state index in [2.05, 4.69) is 20.2 Å². The number of nitrogens with one attached hydrogen (secondary N) is 1. The lowest BCUT2D eigenvalue weighted by Crippen LogP contribution is -2.48. The van der Waals surface area contributed by atoms with Crippen LogP contribution in [0.5, 0.6) is 5.75 Å². The molecular formula is C20H22N4O2S. The van der Waals surface area contributed by atoms with Crippen molar-refractivity contribution in [1.29, 1.82) is 0 Å². The van der Waals surface area contributed by atoms with Gasteiger partial charge in [0.2, 0.25) is 0 Å². The molecule has 1 saturated heterocycles. The summed E-state index contributed by atoms with van der Waals surface area (Å²) in [6, 6.07) is 13.5. The number of nitrogens with zero attached hydrogens (tertiary/aromatic N) is 3. The normalized spacial score (nSPS) is 16.3. The van der Waals surface area contributed by atoms with Gasteiger partial charge in [0, 0.05) is 25.3 Å². The summed E-state index contributed by atoms with van der Waals surface area (Å²) in [5, 5.41) is 4.13. The minimum absolute atomic E-state index is 0.0681. The van der Waals surface area contributed by atoms with Crippen LogP contribution in [0.2, 0.25) is 0 Å². The van der Waals surface area contributed by atoms with Gasteiger partial charge in [-0.1, -0.05) is 29.5 Å². The van der Waals surface area contributed by atoms with E-state index in [4.69, 9.17) is 4.74 Å². The van der Waals surface area contributed by atoms with Crippen LogP contribution < -0.4 is 15.0 Å². The van der Waals surface area contributed by atoms with Crippen LogP contribution in [-0.4, -0.2) is 41.1 Å². The number of anilines is 1. The topological polar surface area (TPSA) is 67.3 Å². The van der Waals surface area contributed by atoms with Gasteiger partial charge in [-0.3, -0.25) is 4.79 Å². The van der Waals surface area contributed by atoms with E-state index in [1.54, 1.807) is 24.5 Å². The van der Waals surface area contributed by atoms with Gasteiger partial charge < -0.3 is 15.0 Å². The van der Waals surface area contributed by atoms with Crippen LogP contribution in [0, 0.1) is 0 Å². The summed E-state index contributed by atoms with van der Waals surface area (Å²) in [6.45, 7) is 3.53. The Morgan fingerprint density at radius 1 is 1.22 bits per heavy atom. The average molecular weight is 382 g/mol. The van der Waals surface area contributed by atoms with Crippen molar-refractivity contribution in [2.45, 2.75) is 31.9 Å². The molecule has 3 heterocycles. The highest BCUT2D eigenvalue weighted by Gasteiger charge is 2.25. The van der Waals surface area contributed by atoms with Crippen LogP contribution in [0.25, 0.3) is 10.3 Å². The molecule has 7 heteroatoms. The highest BCUT2D eigenvalue weighted by Crippen LogP contribution is 2.29. The highest BCUT2D eigenvalue weighted by molar-refractivity contribution is 7.21. The van der Waals surface area contributed by atoms with Crippen molar-refractivity contribution in [3.63, 3.8) is 0 Å². The summed E-state index contributed by atoms with van der Waals surface area (Å²) >= 11 is 1.62. The van der Waals surface area contributed by atoms with Crippen molar-refractivity contribution in [3.05, 3.63) is 48.7 Å². The molecule has 0 spiro atoms.